The summed E-state index contributed by atoms with van der Waals surface area (Å²) in [6.45, 7) is 0. The summed E-state index contributed by atoms with van der Waals surface area (Å²) < 4.78 is 5.32. The van der Waals surface area contributed by atoms with Crippen molar-refractivity contribution in [3.05, 3.63) is 51.3 Å². The van der Waals surface area contributed by atoms with Crippen molar-refractivity contribution in [3.63, 3.8) is 0 Å². The van der Waals surface area contributed by atoms with Crippen molar-refractivity contribution in [1.82, 2.24) is 9.97 Å². The minimum Gasteiger partial charge on any atom is -0.423 e. The van der Waals surface area contributed by atoms with Gasteiger partial charge in [0.2, 0.25) is 0 Å². The molecule has 0 unspecified atom stereocenters. The zero-order valence-corrected chi connectivity index (χ0v) is 10.9. The van der Waals surface area contributed by atoms with Crippen LogP contribution in [0.2, 0.25) is 5.02 Å². The third kappa shape index (κ3) is 3.30. The van der Waals surface area contributed by atoms with Gasteiger partial charge in [0, 0.05) is 30.1 Å². The highest BCUT2D eigenvalue weighted by atomic mass is 35.5. The highest BCUT2D eigenvalue weighted by molar-refractivity contribution is 6.32. The first-order valence-corrected chi connectivity index (χ1v) is 6.00. The average molecular weight is 300 g/mol. The van der Waals surface area contributed by atoms with Gasteiger partial charge < -0.3 is 4.74 Å². The number of non-ortho nitro benzene ring substituents is 1. The fourth-order valence-electron chi connectivity index (χ4n) is 1.25. The second kappa shape index (κ2) is 5.81. The normalized spacial score (nSPS) is 10.2. The van der Waals surface area contributed by atoms with E-state index >= 15 is 0 Å². The van der Waals surface area contributed by atoms with Crippen molar-refractivity contribution in [3.8, 4) is 11.8 Å². The smallest absolute Gasteiger partial charge is 0.321 e. The predicted octanol–water partition coefficient (Wildman–Crippen LogP) is 3.57. The van der Waals surface area contributed by atoms with E-state index < -0.39 is 4.92 Å². The van der Waals surface area contributed by atoms with Crippen molar-refractivity contribution >= 4 is 28.9 Å². The molecule has 0 aliphatic heterocycles. The SMILES string of the molecule is O=[N+]([O-])c1ccc(Oc2ncc(CCl)cn2)c(Cl)c1. The lowest BCUT2D eigenvalue weighted by molar-refractivity contribution is -0.384. The van der Waals surface area contributed by atoms with Crippen LogP contribution >= 0.6 is 23.2 Å². The molecule has 2 rings (SSSR count). The van der Waals surface area contributed by atoms with Crippen molar-refractivity contribution in [2.24, 2.45) is 0 Å². The molecule has 0 amide bonds. The lowest BCUT2D eigenvalue weighted by Crippen LogP contribution is -1.94. The number of hydrogen-bond donors (Lipinski definition) is 0. The first-order chi connectivity index (χ1) is 9.10. The summed E-state index contributed by atoms with van der Waals surface area (Å²) in [5.41, 5.74) is 0.638. The Labute approximate surface area is 118 Å². The Bertz CT molecular complexity index is 605. The van der Waals surface area contributed by atoms with E-state index in [-0.39, 0.29) is 22.5 Å². The maximum Gasteiger partial charge on any atom is 0.321 e. The van der Waals surface area contributed by atoms with Crippen LogP contribution in [0.3, 0.4) is 0 Å². The maximum atomic E-state index is 10.6. The van der Waals surface area contributed by atoms with Crippen LogP contribution in [0.25, 0.3) is 0 Å². The van der Waals surface area contributed by atoms with E-state index in [0.717, 1.165) is 5.56 Å². The molecule has 1 aromatic heterocycles. The third-order valence-electron chi connectivity index (χ3n) is 2.16. The van der Waals surface area contributed by atoms with Crippen LogP contribution < -0.4 is 4.74 Å². The molecule has 0 aliphatic carbocycles. The molecule has 0 spiro atoms. The Morgan fingerprint density at radius 2 is 2.00 bits per heavy atom. The van der Waals surface area contributed by atoms with Gasteiger partial charge in [-0.05, 0) is 6.07 Å². The van der Waals surface area contributed by atoms with E-state index in [1.165, 1.54) is 30.6 Å². The fraction of sp³-hybridized carbons (Fsp3) is 0.0909. The van der Waals surface area contributed by atoms with Crippen LogP contribution in [0.15, 0.2) is 30.6 Å². The zero-order valence-electron chi connectivity index (χ0n) is 9.42. The van der Waals surface area contributed by atoms with E-state index in [2.05, 4.69) is 9.97 Å². The van der Waals surface area contributed by atoms with Crippen LogP contribution in [0.4, 0.5) is 5.69 Å². The second-order valence-corrected chi connectivity index (χ2v) is 4.16. The zero-order chi connectivity index (χ0) is 13.8. The Hall–Kier alpha value is -1.92. The quantitative estimate of drug-likeness (QED) is 0.490. The van der Waals surface area contributed by atoms with Crippen molar-refractivity contribution in [2.45, 2.75) is 5.88 Å². The first kappa shape index (κ1) is 13.5. The van der Waals surface area contributed by atoms with Crippen molar-refractivity contribution in [1.29, 1.82) is 0 Å². The molecular formula is C11H7Cl2N3O3. The Kier molecular flexibility index (Phi) is 4.13. The third-order valence-corrected chi connectivity index (χ3v) is 2.77. The van der Waals surface area contributed by atoms with Crippen molar-refractivity contribution < 1.29 is 9.66 Å². The summed E-state index contributed by atoms with van der Waals surface area (Å²) in [6, 6.07) is 3.96. The minimum absolute atomic E-state index is 0.0876. The number of nitrogens with zero attached hydrogens (tertiary/aromatic N) is 3. The van der Waals surface area contributed by atoms with E-state index in [0.29, 0.717) is 5.88 Å². The molecule has 0 atom stereocenters. The van der Waals surface area contributed by atoms with Gasteiger partial charge in [0.25, 0.3) is 5.69 Å². The summed E-state index contributed by atoms with van der Waals surface area (Å²) in [6.07, 6.45) is 3.04. The Morgan fingerprint density at radius 1 is 1.32 bits per heavy atom. The summed E-state index contributed by atoms with van der Waals surface area (Å²) in [7, 11) is 0. The lowest BCUT2D eigenvalue weighted by Gasteiger charge is -2.05. The number of benzene rings is 1. The molecule has 0 fully saturated rings. The lowest BCUT2D eigenvalue weighted by atomic mass is 10.3. The molecule has 6 nitrogen and oxygen atoms in total. The van der Waals surface area contributed by atoms with E-state index in [1.807, 2.05) is 0 Å². The molecular weight excluding hydrogens is 293 g/mol. The van der Waals surface area contributed by atoms with Gasteiger partial charge in [0.15, 0.2) is 0 Å². The van der Waals surface area contributed by atoms with Crippen LogP contribution in [0.5, 0.6) is 11.8 Å². The van der Waals surface area contributed by atoms with Crippen LogP contribution in [0.1, 0.15) is 5.56 Å². The minimum atomic E-state index is -0.540. The largest absolute Gasteiger partial charge is 0.423 e. The molecule has 0 aliphatic rings. The second-order valence-electron chi connectivity index (χ2n) is 3.48. The molecule has 2 aromatic rings. The molecule has 0 saturated heterocycles. The average Bonchev–Trinajstić information content (AvgIpc) is 2.41. The molecule has 19 heavy (non-hydrogen) atoms. The van der Waals surface area contributed by atoms with Crippen LogP contribution in [0, 0.1) is 10.1 Å². The molecule has 8 heteroatoms. The van der Waals surface area contributed by atoms with Gasteiger partial charge in [0.05, 0.1) is 15.8 Å². The van der Waals surface area contributed by atoms with Crippen LogP contribution in [-0.2, 0) is 5.88 Å². The van der Waals surface area contributed by atoms with E-state index in [9.17, 15) is 10.1 Å². The predicted molar refractivity (Wildman–Crippen MR) is 69.8 cm³/mol. The van der Waals surface area contributed by atoms with Gasteiger partial charge in [-0.25, -0.2) is 9.97 Å². The summed E-state index contributed by atoms with van der Waals surface area (Å²) in [5.74, 6) is 0.546. The molecule has 1 heterocycles. The monoisotopic (exact) mass is 299 g/mol. The van der Waals surface area contributed by atoms with Crippen molar-refractivity contribution in [2.75, 3.05) is 0 Å². The molecule has 0 bridgehead atoms. The number of alkyl halides is 1. The van der Waals surface area contributed by atoms with Gasteiger partial charge in [-0.2, -0.15) is 0 Å². The standard InChI is InChI=1S/C11H7Cl2N3O3/c12-4-7-5-14-11(15-6-7)19-10-2-1-8(16(17)18)3-9(10)13/h1-3,5-6H,4H2. The number of halogens is 2. The van der Waals surface area contributed by atoms with Crippen LogP contribution in [-0.4, -0.2) is 14.9 Å². The summed E-state index contributed by atoms with van der Waals surface area (Å²) in [5, 5.41) is 10.7. The van der Waals surface area contributed by atoms with Gasteiger partial charge in [-0.1, -0.05) is 11.6 Å². The highest BCUT2D eigenvalue weighted by Crippen LogP contribution is 2.30. The Balaban J connectivity index is 2.20. The highest BCUT2D eigenvalue weighted by Gasteiger charge is 2.11. The Morgan fingerprint density at radius 3 is 2.53 bits per heavy atom. The molecule has 0 saturated carbocycles. The number of ether oxygens (including phenoxy) is 1. The fourth-order valence-corrected chi connectivity index (χ4v) is 1.60. The van der Waals surface area contributed by atoms with Gasteiger partial charge in [-0.15, -0.1) is 11.6 Å². The molecule has 1 aromatic carbocycles. The molecule has 98 valence electrons. The van der Waals surface area contributed by atoms with E-state index in [1.54, 1.807) is 0 Å². The van der Waals surface area contributed by atoms with Gasteiger partial charge in [0.1, 0.15) is 5.75 Å². The summed E-state index contributed by atoms with van der Waals surface area (Å²) in [4.78, 5) is 17.9. The first-order valence-electron chi connectivity index (χ1n) is 5.09. The summed E-state index contributed by atoms with van der Waals surface area (Å²) >= 11 is 11.5. The van der Waals surface area contributed by atoms with E-state index in [4.69, 9.17) is 27.9 Å². The topological polar surface area (TPSA) is 78.2 Å². The maximum absolute atomic E-state index is 10.6. The van der Waals surface area contributed by atoms with Gasteiger partial charge >= 0.3 is 6.01 Å². The van der Waals surface area contributed by atoms with Gasteiger partial charge in [-0.3, -0.25) is 10.1 Å². The number of rotatable bonds is 4. The number of nitro benzene ring substituents is 1. The number of nitro groups is 1. The molecule has 0 N–H and O–H groups in total. The number of hydrogen-bond acceptors (Lipinski definition) is 5. The number of aromatic nitrogens is 2. The molecule has 0 radical (unpaired) electrons.